The van der Waals surface area contributed by atoms with Gasteiger partial charge in [0.25, 0.3) is 0 Å². The average molecular weight is 274 g/mol. The minimum absolute atomic E-state index is 0. The van der Waals surface area contributed by atoms with Gasteiger partial charge in [-0.15, -0.1) is 12.4 Å². The molecule has 1 heterocycles. The molecule has 1 saturated heterocycles. The van der Waals surface area contributed by atoms with Gasteiger partial charge >= 0.3 is 0 Å². The van der Waals surface area contributed by atoms with Gasteiger partial charge in [0.05, 0.1) is 5.69 Å². The number of anilines is 1. The number of rotatable bonds is 4. The Labute approximate surface area is 114 Å². The van der Waals surface area contributed by atoms with Crippen molar-refractivity contribution in [2.24, 2.45) is 5.73 Å². The molecule has 0 amide bonds. The molecule has 0 bridgehead atoms. The molecule has 0 saturated carbocycles. The zero-order valence-electron chi connectivity index (χ0n) is 10.5. The Morgan fingerprint density at radius 2 is 2.00 bits per heavy atom. The third kappa shape index (κ3) is 3.57. The first-order valence-corrected chi connectivity index (χ1v) is 6.26. The van der Waals surface area contributed by atoms with Gasteiger partial charge in [0.15, 0.2) is 0 Å². The monoisotopic (exact) mass is 273 g/mol. The Balaban J connectivity index is 0.00000162. The normalized spacial score (nSPS) is 15.3. The van der Waals surface area contributed by atoms with Crippen molar-refractivity contribution in [2.45, 2.75) is 12.8 Å². The molecule has 0 atom stereocenters. The predicted octanol–water partition coefficient (Wildman–Crippen LogP) is 1.55. The van der Waals surface area contributed by atoms with Crippen molar-refractivity contribution < 1.29 is 4.39 Å². The van der Waals surface area contributed by atoms with Gasteiger partial charge in [0.1, 0.15) is 5.82 Å². The van der Waals surface area contributed by atoms with Gasteiger partial charge in [-0.05, 0) is 31.0 Å². The van der Waals surface area contributed by atoms with E-state index >= 15 is 0 Å². The van der Waals surface area contributed by atoms with E-state index in [0.29, 0.717) is 6.54 Å². The van der Waals surface area contributed by atoms with Crippen LogP contribution in [0.3, 0.4) is 0 Å². The van der Waals surface area contributed by atoms with Crippen LogP contribution in [0.5, 0.6) is 0 Å². The Kier molecular flexibility index (Phi) is 6.39. The number of nitrogens with one attached hydrogen (secondary N) is 1. The number of hydrogen-bond donors (Lipinski definition) is 2. The van der Waals surface area contributed by atoms with Crippen molar-refractivity contribution >= 4 is 18.1 Å². The summed E-state index contributed by atoms with van der Waals surface area (Å²) in [6.07, 6.45) is 1.76. The van der Waals surface area contributed by atoms with E-state index in [1.165, 1.54) is 0 Å². The Bertz CT molecular complexity index is 367. The summed E-state index contributed by atoms with van der Waals surface area (Å²) in [7, 11) is 0. The first-order valence-electron chi connectivity index (χ1n) is 6.26. The van der Waals surface area contributed by atoms with Crippen molar-refractivity contribution in [3.05, 3.63) is 29.6 Å². The van der Waals surface area contributed by atoms with Crippen molar-refractivity contribution in [1.82, 2.24) is 5.32 Å². The lowest BCUT2D eigenvalue weighted by Gasteiger charge is -2.31. The summed E-state index contributed by atoms with van der Waals surface area (Å²) in [5, 5.41) is 3.28. The minimum atomic E-state index is -0.110. The average Bonchev–Trinajstić information content (AvgIpc) is 2.37. The zero-order valence-corrected chi connectivity index (χ0v) is 11.3. The smallest absolute Gasteiger partial charge is 0.146 e. The molecule has 2 rings (SSSR count). The van der Waals surface area contributed by atoms with Gasteiger partial charge in [0.2, 0.25) is 0 Å². The van der Waals surface area contributed by atoms with E-state index in [4.69, 9.17) is 5.73 Å². The number of aryl methyl sites for hydroxylation is 1. The molecule has 3 N–H and O–H groups in total. The fourth-order valence-electron chi connectivity index (χ4n) is 2.30. The maximum Gasteiger partial charge on any atom is 0.146 e. The van der Waals surface area contributed by atoms with Crippen LogP contribution in [0.25, 0.3) is 0 Å². The highest BCUT2D eigenvalue weighted by Crippen LogP contribution is 2.25. The van der Waals surface area contributed by atoms with Crippen molar-refractivity contribution in [3.8, 4) is 0 Å². The van der Waals surface area contributed by atoms with E-state index in [1.54, 1.807) is 12.1 Å². The molecule has 0 spiro atoms. The summed E-state index contributed by atoms with van der Waals surface area (Å²) in [4.78, 5) is 2.14. The van der Waals surface area contributed by atoms with E-state index in [1.807, 2.05) is 6.07 Å². The topological polar surface area (TPSA) is 41.3 Å². The molecular formula is C13H21ClFN3. The molecule has 1 aromatic rings. The number of hydrogen-bond acceptors (Lipinski definition) is 3. The molecule has 0 unspecified atom stereocenters. The Morgan fingerprint density at radius 1 is 1.28 bits per heavy atom. The molecule has 1 aliphatic rings. The van der Waals surface area contributed by atoms with Crippen LogP contribution in [-0.2, 0) is 6.42 Å². The Morgan fingerprint density at radius 3 is 2.67 bits per heavy atom. The standard InChI is InChI=1S/C13H20FN3.ClH/c14-12-5-1-3-11(4-2-6-15)13(12)17-9-7-16-8-10-17;/h1,3,5,16H,2,4,6-10,15H2;1H. The van der Waals surface area contributed by atoms with E-state index in [0.717, 1.165) is 50.3 Å². The second-order valence-corrected chi connectivity index (χ2v) is 4.38. The highest BCUT2D eigenvalue weighted by atomic mass is 35.5. The first kappa shape index (κ1) is 15.2. The maximum atomic E-state index is 14.0. The summed E-state index contributed by atoms with van der Waals surface area (Å²) < 4.78 is 14.0. The predicted molar refractivity (Wildman–Crippen MR) is 76.1 cm³/mol. The molecular weight excluding hydrogens is 253 g/mol. The second-order valence-electron chi connectivity index (χ2n) is 4.38. The molecule has 5 heteroatoms. The van der Waals surface area contributed by atoms with Crippen molar-refractivity contribution in [3.63, 3.8) is 0 Å². The van der Waals surface area contributed by atoms with Crippen LogP contribution in [-0.4, -0.2) is 32.7 Å². The molecule has 102 valence electrons. The minimum Gasteiger partial charge on any atom is -0.366 e. The number of para-hydroxylation sites is 1. The lowest BCUT2D eigenvalue weighted by atomic mass is 10.1. The molecule has 3 nitrogen and oxygen atoms in total. The third-order valence-corrected chi connectivity index (χ3v) is 3.15. The summed E-state index contributed by atoms with van der Waals surface area (Å²) >= 11 is 0. The van der Waals surface area contributed by atoms with Gasteiger partial charge in [0, 0.05) is 26.2 Å². The summed E-state index contributed by atoms with van der Waals surface area (Å²) in [5.74, 6) is -0.110. The summed E-state index contributed by atoms with van der Waals surface area (Å²) in [6, 6.07) is 5.34. The molecule has 18 heavy (non-hydrogen) atoms. The van der Waals surface area contributed by atoms with Gasteiger partial charge in [-0.25, -0.2) is 4.39 Å². The summed E-state index contributed by atoms with van der Waals surface area (Å²) in [5.41, 5.74) is 7.39. The van der Waals surface area contributed by atoms with Crippen LogP contribution in [0, 0.1) is 5.82 Å². The fourth-order valence-corrected chi connectivity index (χ4v) is 2.30. The van der Waals surface area contributed by atoms with Crippen LogP contribution >= 0.6 is 12.4 Å². The Hall–Kier alpha value is -0.840. The highest BCUT2D eigenvalue weighted by molar-refractivity contribution is 5.85. The van der Waals surface area contributed by atoms with Crippen LogP contribution in [0.2, 0.25) is 0 Å². The summed E-state index contributed by atoms with van der Waals surface area (Å²) in [6.45, 7) is 4.24. The lowest BCUT2D eigenvalue weighted by Crippen LogP contribution is -2.44. The van der Waals surface area contributed by atoms with E-state index in [9.17, 15) is 4.39 Å². The van der Waals surface area contributed by atoms with Gasteiger partial charge in [-0.3, -0.25) is 0 Å². The van der Waals surface area contributed by atoms with Crippen molar-refractivity contribution in [2.75, 3.05) is 37.6 Å². The quantitative estimate of drug-likeness (QED) is 0.875. The van der Waals surface area contributed by atoms with Crippen molar-refractivity contribution in [1.29, 1.82) is 0 Å². The van der Waals surface area contributed by atoms with Crippen LogP contribution in [0.1, 0.15) is 12.0 Å². The van der Waals surface area contributed by atoms with Gasteiger partial charge < -0.3 is 16.0 Å². The second kappa shape index (κ2) is 7.56. The lowest BCUT2D eigenvalue weighted by molar-refractivity contribution is 0.563. The van der Waals surface area contributed by atoms with Crippen LogP contribution in [0.15, 0.2) is 18.2 Å². The van der Waals surface area contributed by atoms with Crippen LogP contribution in [0.4, 0.5) is 10.1 Å². The molecule has 1 fully saturated rings. The van der Waals surface area contributed by atoms with Crippen LogP contribution < -0.4 is 16.0 Å². The first-order chi connectivity index (χ1) is 8.33. The highest BCUT2D eigenvalue weighted by Gasteiger charge is 2.17. The largest absolute Gasteiger partial charge is 0.366 e. The number of benzene rings is 1. The van der Waals surface area contributed by atoms with E-state index in [-0.39, 0.29) is 18.2 Å². The van der Waals surface area contributed by atoms with Gasteiger partial charge in [-0.2, -0.15) is 0 Å². The maximum absolute atomic E-state index is 14.0. The van der Waals surface area contributed by atoms with E-state index < -0.39 is 0 Å². The zero-order chi connectivity index (χ0) is 12.1. The number of nitrogens with two attached hydrogens (primary N) is 1. The van der Waals surface area contributed by atoms with Gasteiger partial charge in [-0.1, -0.05) is 12.1 Å². The number of nitrogens with zero attached hydrogens (tertiary/aromatic N) is 1. The molecule has 0 aromatic heterocycles. The molecule has 0 radical (unpaired) electrons. The molecule has 1 aliphatic heterocycles. The SMILES string of the molecule is Cl.NCCCc1cccc(F)c1N1CCNCC1. The number of halogens is 2. The fraction of sp³-hybridized carbons (Fsp3) is 0.538. The molecule has 0 aliphatic carbocycles. The molecule has 1 aromatic carbocycles. The third-order valence-electron chi connectivity index (χ3n) is 3.15. The number of piperazine rings is 1. The van der Waals surface area contributed by atoms with E-state index in [2.05, 4.69) is 10.2 Å².